The van der Waals surface area contributed by atoms with Crippen LogP contribution in [-0.2, 0) is 4.79 Å². The summed E-state index contributed by atoms with van der Waals surface area (Å²) >= 11 is 0. The molecule has 2 unspecified atom stereocenters. The van der Waals surface area contributed by atoms with E-state index in [2.05, 4.69) is 12.2 Å². The van der Waals surface area contributed by atoms with Crippen molar-refractivity contribution in [1.82, 2.24) is 5.32 Å². The second-order valence-corrected chi connectivity index (χ2v) is 3.79. The molecular formula is C9H17NO2. The quantitative estimate of drug-likeness (QED) is 0.654. The molecule has 0 radical (unpaired) electrons. The molecule has 12 heavy (non-hydrogen) atoms. The summed E-state index contributed by atoms with van der Waals surface area (Å²) in [5.41, 5.74) is 0. The smallest absolute Gasteiger partial charge is 0.304 e. The zero-order chi connectivity index (χ0) is 9.14. The van der Waals surface area contributed by atoms with Crippen molar-refractivity contribution < 1.29 is 9.90 Å². The molecule has 0 bridgehead atoms. The first kappa shape index (κ1) is 9.52. The van der Waals surface area contributed by atoms with E-state index in [4.69, 9.17) is 5.11 Å². The minimum Gasteiger partial charge on any atom is -0.481 e. The zero-order valence-corrected chi connectivity index (χ0v) is 7.71. The van der Waals surface area contributed by atoms with Gasteiger partial charge in [-0.25, -0.2) is 0 Å². The SMILES string of the molecule is CC(CC(=O)O)NC(C)C1CC1. The van der Waals surface area contributed by atoms with Gasteiger partial charge < -0.3 is 10.4 Å². The number of hydrogen-bond donors (Lipinski definition) is 2. The lowest BCUT2D eigenvalue weighted by molar-refractivity contribution is -0.137. The highest BCUT2D eigenvalue weighted by atomic mass is 16.4. The molecule has 1 aliphatic carbocycles. The van der Waals surface area contributed by atoms with Gasteiger partial charge >= 0.3 is 5.97 Å². The van der Waals surface area contributed by atoms with E-state index in [0.29, 0.717) is 6.04 Å². The normalized spacial score (nSPS) is 21.8. The monoisotopic (exact) mass is 171 g/mol. The Morgan fingerprint density at radius 2 is 2.17 bits per heavy atom. The van der Waals surface area contributed by atoms with E-state index in [1.807, 2.05) is 6.92 Å². The first-order chi connectivity index (χ1) is 5.59. The molecule has 0 aromatic carbocycles. The summed E-state index contributed by atoms with van der Waals surface area (Å²) < 4.78 is 0. The number of carbonyl (C=O) groups is 1. The largest absolute Gasteiger partial charge is 0.481 e. The summed E-state index contributed by atoms with van der Waals surface area (Å²) in [5.74, 6) is 0.0687. The van der Waals surface area contributed by atoms with E-state index in [0.717, 1.165) is 5.92 Å². The number of aliphatic carboxylic acids is 1. The Balaban J connectivity index is 2.15. The molecule has 0 aliphatic heterocycles. The Kier molecular flexibility index (Phi) is 3.09. The maximum absolute atomic E-state index is 10.3. The number of nitrogens with one attached hydrogen (secondary N) is 1. The Bertz CT molecular complexity index is 166. The molecule has 1 aliphatic rings. The molecule has 0 aromatic rings. The third-order valence-corrected chi connectivity index (χ3v) is 2.36. The van der Waals surface area contributed by atoms with E-state index in [-0.39, 0.29) is 12.5 Å². The first-order valence-corrected chi connectivity index (χ1v) is 4.57. The molecule has 1 rings (SSSR count). The second kappa shape index (κ2) is 3.90. The topological polar surface area (TPSA) is 49.3 Å². The lowest BCUT2D eigenvalue weighted by Crippen LogP contribution is -2.37. The van der Waals surface area contributed by atoms with Gasteiger partial charge in [-0.1, -0.05) is 0 Å². The molecule has 0 aromatic heterocycles. The first-order valence-electron chi connectivity index (χ1n) is 4.57. The number of rotatable bonds is 5. The van der Waals surface area contributed by atoms with Crippen LogP contribution < -0.4 is 5.32 Å². The molecule has 3 heteroatoms. The third-order valence-electron chi connectivity index (χ3n) is 2.36. The van der Waals surface area contributed by atoms with Crippen molar-refractivity contribution in [1.29, 1.82) is 0 Å². The molecule has 0 heterocycles. The van der Waals surface area contributed by atoms with Crippen LogP contribution in [0.15, 0.2) is 0 Å². The van der Waals surface area contributed by atoms with Crippen molar-refractivity contribution in [3.05, 3.63) is 0 Å². The van der Waals surface area contributed by atoms with Crippen molar-refractivity contribution in [2.45, 2.75) is 45.2 Å². The van der Waals surface area contributed by atoms with Gasteiger partial charge in [-0.3, -0.25) is 4.79 Å². The molecule has 1 fully saturated rings. The predicted octanol–water partition coefficient (Wildman–Crippen LogP) is 1.24. The van der Waals surface area contributed by atoms with Crippen LogP contribution in [0.2, 0.25) is 0 Å². The van der Waals surface area contributed by atoms with E-state index < -0.39 is 5.97 Å². The minimum absolute atomic E-state index is 0.0955. The molecule has 3 nitrogen and oxygen atoms in total. The maximum atomic E-state index is 10.3. The van der Waals surface area contributed by atoms with E-state index in [9.17, 15) is 4.79 Å². The third kappa shape index (κ3) is 3.22. The molecule has 0 spiro atoms. The summed E-state index contributed by atoms with van der Waals surface area (Å²) in [4.78, 5) is 10.3. The van der Waals surface area contributed by atoms with Crippen molar-refractivity contribution in [2.75, 3.05) is 0 Å². The van der Waals surface area contributed by atoms with Crippen molar-refractivity contribution in [2.24, 2.45) is 5.92 Å². The molecular weight excluding hydrogens is 154 g/mol. The Morgan fingerprint density at radius 1 is 1.58 bits per heavy atom. The molecule has 2 N–H and O–H groups in total. The second-order valence-electron chi connectivity index (χ2n) is 3.79. The van der Waals surface area contributed by atoms with Crippen LogP contribution >= 0.6 is 0 Å². The van der Waals surface area contributed by atoms with Gasteiger partial charge in [0.25, 0.3) is 0 Å². The van der Waals surface area contributed by atoms with Crippen LogP contribution in [0.1, 0.15) is 33.1 Å². The standard InChI is InChI=1S/C9H17NO2/c1-6(5-9(11)12)10-7(2)8-3-4-8/h6-8,10H,3-5H2,1-2H3,(H,11,12). The Hall–Kier alpha value is -0.570. The fourth-order valence-electron chi connectivity index (χ4n) is 1.50. The van der Waals surface area contributed by atoms with Crippen LogP contribution in [0.5, 0.6) is 0 Å². The minimum atomic E-state index is -0.724. The van der Waals surface area contributed by atoms with Gasteiger partial charge in [-0.15, -0.1) is 0 Å². The summed E-state index contributed by atoms with van der Waals surface area (Å²) in [6.07, 6.45) is 2.82. The van der Waals surface area contributed by atoms with Crippen molar-refractivity contribution in [3.8, 4) is 0 Å². The molecule has 70 valence electrons. The molecule has 1 saturated carbocycles. The lowest BCUT2D eigenvalue weighted by Gasteiger charge is -2.17. The summed E-state index contributed by atoms with van der Waals surface area (Å²) in [7, 11) is 0. The van der Waals surface area contributed by atoms with E-state index in [1.54, 1.807) is 0 Å². The predicted molar refractivity (Wildman–Crippen MR) is 47.0 cm³/mol. The van der Waals surface area contributed by atoms with Gasteiger partial charge in [-0.05, 0) is 32.6 Å². The Morgan fingerprint density at radius 3 is 2.58 bits per heavy atom. The van der Waals surface area contributed by atoms with Gasteiger partial charge in [0.1, 0.15) is 0 Å². The van der Waals surface area contributed by atoms with E-state index in [1.165, 1.54) is 12.8 Å². The van der Waals surface area contributed by atoms with Crippen LogP contribution in [0.25, 0.3) is 0 Å². The zero-order valence-electron chi connectivity index (χ0n) is 7.71. The highest BCUT2D eigenvalue weighted by Crippen LogP contribution is 2.32. The fourth-order valence-corrected chi connectivity index (χ4v) is 1.50. The number of hydrogen-bond acceptors (Lipinski definition) is 2. The highest BCUT2D eigenvalue weighted by molar-refractivity contribution is 5.67. The van der Waals surface area contributed by atoms with Crippen LogP contribution in [0, 0.1) is 5.92 Å². The highest BCUT2D eigenvalue weighted by Gasteiger charge is 2.28. The van der Waals surface area contributed by atoms with Gasteiger partial charge in [0.2, 0.25) is 0 Å². The van der Waals surface area contributed by atoms with Crippen LogP contribution in [0.3, 0.4) is 0 Å². The molecule has 2 atom stereocenters. The average Bonchev–Trinajstić information content (AvgIpc) is 2.63. The lowest BCUT2D eigenvalue weighted by atomic mass is 10.1. The summed E-state index contributed by atoms with van der Waals surface area (Å²) in [5, 5.41) is 11.8. The van der Waals surface area contributed by atoms with Crippen LogP contribution in [0.4, 0.5) is 0 Å². The van der Waals surface area contributed by atoms with Gasteiger partial charge in [0.05, 0.1) is 6.42 Å². The van der Waals surface area contributed by atoms with Gasteiger partial charge in [0.15, 0.2) is 0 Å². The Labute approximate surface area is 73.2 Å². The van der Waals surface area contributed by atoms with Crippen LogP contribution in [-0.4, -0.2) is 23.2 Å². The molecule has 0 amide bonds. The van der Waals surface area contributed by atoms with Crippen molar-refractivity contribution >= 4 is 5.97 Å². The van der Waals surface area contributed by atoms with Gasteiger partial charge in [-0.2, -0.15) is 0 Å². The number of carboxylic acids is 1. The number of carboxylic acid groups (broad SMARTS) is 1. The van der Waals surface area contributed by atoms with Crippen molar-refractivity contribution in [3.63, 3.8) is 0 Å². The van der Waals surface area contributed by atoms with Gasteiger partial charge in [0, 0.05) is 12.1 Å². The summed E-state index contributed by atoms with van der Waals surface area (Å²) in [6, 6.07) is 0.581. The maximum Gasteiger partial charge on any atom is 0.304 e. The summed E-state index contributed by atoms with van der Waals surface area (Å²) in [6.45, 7) is 4.06. The molecule has 0 saturated heterocycles. The fraction of sp³-hybridized carbons (Fsp3) is 0.889. The average molecular weight is 171 g/mol. The van der Waals surface area contributed by atoms with E-state index >= 15 is 0 Å².